The van der Waals surface area contributed by atoms with Gasteiger partial charge in [0.15, 0.2) is 0 Å². The molecule has 0 radical (unpaired) electrons. The Morgan fingerprint density at radius 1 is 1.67 bits per heavy atom. The van der Waals surface area contributed by atoms with E-state index in [1.54, 1.807) is 23.9 Å². The fourth-order valence-electron chi connectivity index (χ4n) is 0.943. The minimum atomic E-state index is -0.471. The van der Waals surface area contributed by atoms with Gasteiger partial charge in [-0.3, -0.25) is 0 Å². The quantitative estimate of drug-likeness (QED) is 0.780. The molecule has 5 heteroatoms. The summed E-state index contributed by atoms with van der Waals surface area (Å²) in [7, 11) is 1.31. The van der Waals surface area contributed by atoms with Crippen molar-refractivity contribution in [3.05, 3.63) is 23.7 Å². The number of rotatable bonds is 5. The fourth-order valence-corrected chi connectivity index (χ4v) is 1.65. The minimum absolute atomic E-state index is 0.134. The molecule has 0 amide bonds. The van der Waals surface area contributed by atoms with E-state index < -0.39 is 5.97 Å². The second-order valence-corrected chi connectivity index (χ2v) is 4.49. The highest BCUT2D eigenvalue weighted by Gasteiger charge is 2.11. The Morgan fingerprint density at radius 3 is 3.00 bits per heavy atom. The van der Waals surface area contributed by atoms with Crippen LogP contribution in [0.25, 0.3) is 0 Å². The van der Waals surface area contributed by atoms with Gasteiger partial charge >= 0.3 is 5.97 Å². The fraction of sp³-hybridized carbons (Fsp3) is 0.500. The molecule has 4 nitrogen and oxygen atoms in total. The number of methoxy groups -OCH3 is 1. The summed E-state index contributed by atoms with van der Waals surface area (Å²) >= 11 is 1.57. The van der Waals surface area contributed by atoms with Gasteiger partial charge in [0.05, 0.1) is 19.5 Å². The van der Waals surface area contributed by atoms with Gasteiger partial charge in [-0.2, -0.15) is 0 Å². The highest BCUT2D eigenvalue weighted by atomic mass is 32.2. The van der Waals surface area contributed by atoms with Crippen LogP contribution in [0.2, 0.25) is 0 Å². The number of carbonyl (C=O) groups excluding carboxylic acids is 1. The summed E-state index contributed by atoms with van der Waals surface area (Å²) in [6.45, 7) is 2.06. The summed E-state index contributed by atoms with van der Waals surface area (Å²) < 4.78 is 9.77. The van der Waals surface area contributed by atoms with Crippen molar-refractivity contribution in [3.63, 3.8) is 0 Å². The number of esters is 1. The Bertz CT molecular complexity index is 321. The minimum Gasteiger partial charge on any atom is -0.463 e. The molecule has 0 aliphatic rings. The molecule has 0 saturated carbocycles. The maximum absolute atomic E-state index is 11.1. The van der Waals surface area contributed by atoms with Crippen LogP contribution in [0.1, 0.15) is 23.2 Å². The van der Waals surface area contributed by atoms with Crippen molar-refractivity contribution in [1.29, 1.82) is 0 Å². The zero-order valence-electron chi connectivity index (χ0n) is 8.73. The lowest BCUT2D eigenvalue weighted by molar-refractivity contribution is 0.0563. The molecular formula is C10H14O4S. The van der Waals surface area contributed by atoms with E-state index in [1.165, 1.54) is 7.11 Å². The maximum Gasteiger partial charge on any atom is 0.373 e. The molecule has 0 saturated heterocycles. The van der Waals surface area contributed by atoms with E-state index in [-0.39, 0.29) is 17.6 Å². The molecule has 1 aromatic heterocycles. The third kappa shape index (κ3) is 3.60. The van der Waals surface area contributed by atoms with Gasteiger partial charge in [-0.05, 0) is 12.1 Å². The van der Waals surface area contributed by atoms with E-state index in [4.69, 9.17) is 9.52 Å². The van der Waals surface area contributed by atoms with Crippen molar-refractivity contribution in [2.45, 2.75) is 17.9 Å². The Hall–Kier alpha value is -0.940. The van der Waals surface area contributed by atoms with E-state index in [1.807, 2.05) is 6.92 Å². The highest BCUT2D eigenvalue weighted by Crippen LogP contribution is 2.19. The Balaban J connectivity index is 2.49. The van der Waals surface area contributed by atoms with Gasteiger partial charge in [0.1, 0.15) is 5.76 Å². The lowest BCUT2D eigenvalue weighted by Crippen LogP contribution is -2.02. The van der Waals surface area contributed by atoms with E-state index in [0.717, 1.165) is 0 Å². The van der Waals surface area contributed by atoms with Gasteiger partial charge in [-0.15, -0.1) is 11.8 Å². The SMILES string of the molecule is COC(=O)c1ccc(CSC(C)CO)o1. The van der Waals surface area contributed by atoms with E-state index in [0.29, 0.717) is 11.5 Å². The lowest BCUT2D eigenvalue weighted by atomic mass is 10.4. The molecule has 15 heavy (non-hydrogen) atoms. The number of hydrogen-bond acceptors (Lipinski definition) is 5. The van der Waals surface area contributed by atoms with Gasteiger partial charge in [-0.25, -0.2) is 4.79 Å². The molecule has 1 N–H and O–H groups in total. The molecule has 84 valence electrons. The zero-order valence-corrected chi connectivity index (χ0v) is 9.54. The maximum atomic E-state index is 11.1. The molecular weight excluding hydrogens is 216 g/mol. The van der Waals surface area contributed by atoms with Crippen LogP contribution in [0.4, 0.5) is 0 Å². The van der Waals surface area contributed by atoms with Gasteiger partial charge in [0.25, 0.3) is 0 Å². The van der Waals surface area contributed by atoms with Crippen LogP contribution in [0.5, 0.6) is 0 Å². The lowest BCUT2D eigenvalue weighted by Gasteiger charge is -2.04. The van der Waals surface area contributed by atoms with Crippen LogP contribution >= 0.6 is 11.8 Å². The van der Waals surface area contributed by atoms with E-state index >= 15 is 0 Å². The van der Waals surface area contributed by atoms with Crippen molar-refractivity contribution in [2.24, 2.45) is 0 Å². The second kappa shape index (κ2) is 5.82. The van der Waals surface area contributed by atoms with Crippen molar-refractivity contribution in [1.82, 2.24) is 0 Å². The molecule has 0 aromatic carbocycles. The first-order valence-electron chi connectivity index (χ1n) is 4.57. The van der Waals surface area contributed by atoms with Gasteiger partial charge in [0.2, 0.25) is 5.76 Å². The van der Waals surface area contributed by atoms with Crippen molar-refractivity contribution in [2.75, 3.05) is 13.7 Å². The smallest absolute Gasteiger partial charge is 0.373 e. The third-order valence-corrected chi connectivity index (χ3v) is 2.98. The average Bonchev–Trinajstić information content (AvgIpc) is 2.73. The van der Waals surface area contributed by atoms with Crippen molar-refractivity contribution < 1.29 is 19.1 Å². The number of aliphatic hydroxyl groups is 1. The monoisotopic (exact) mass is 230 g/mol. The summed E-state index contributed by atoms with van der Waals surface area (Å²) in [6.07, 6.45) is 0. The molecule has 0 aliphatic carbocycles. The summed E-state index contributed by atoms with van der Waals surface area (Å²) in [5.41, 5.74) is 0. The standard InChI is InChI=1S/C10H14O4S/c1-7(5-11)15-6-8-3-4-9(14-8)10(12)13-2/h3-4,7,11H,5-6H2,1-2H3. The van der Waals surface area contributed by atoms with Gasteiger partial charge < -0.3 is 14.3 Å². The van der Waals surface area contributed by atoms with Crippen LogP contribution in [0, 0.1) is 0 Å². The molecule has 1 heterocycles. The van der Waals surface area contributed by atoms with Crippen LogP contribution in [-0.2, 0) is 10.5 Å². The summed E-state index contributed by atoms with van der Waals surface area (Å²) in [6, 6.07) is 3.33. The van der Waals surface area contributed by atoms with Crippen LogP contribution in [-0.4, -0.2) is 30.0 Å². The highest BCUT2D eigenvalue weighted by molar-refractivity contribution is 7.99. The second-order valence-electron chi connectivity index (χ2n) is 3.06. The average molecular weight is 230 g/mol. The topological polar surface area (TPSA) is 59.7 Å². The van der Waals surface area contributed by atoms with E-state index in [2.05, 4.69) is 4.74 Å². The number of furan rings is 1. The Morgan fingerprint density at radius 2 is 2.40 bits per heavy atom. The molecule has 1 aromatic rings. The zero-order chi connectivity index (χ0) is 11.3. The van der Waals surface area contributed by atoms with E-state index in [9.17, 15) is 4.79 Å². The van der Waals surface area contributed by atoms with Crippen molar-refractivity contribution in [3.8, 4) is 0 Å². The number of hydrogen-bond donors (Lipinski definition) is 1. The first-order valence-corrected chi connectivity index (χ1v) is 5.61. The molecule has 0 spiro atoms. The molecule has 1 unspecified atom stereocenters. The Kier molecular flexibility index (Phi) is 4.71. The molecule has 1 atom stereocenters. The third-order valence-electron chi connectivity index (χ3n) is 1.82. The van der Waals surface area contributed by atoms with Crippen molar-refractivity contribution >= 4 is 17.7 Å². The summed E-state index contributed by atoms with van der Waals surface area (Å²) in [5, 5.41) is 8.98. The van der Waals surface area contributed by atoms with Crippen LogP contribution in [0.3, 0.4) is 0 Å². The number of thioether (sulfide) groups is 1. The number of aliphatic hydroxyl groups excluding tert-OH is 1. The van der Waals surface area contributed by atoms with Crippen LogP contribution in [0.15, 0.2) is 16.5 Å². The number of ether oxygens (including phenoxy) is 1. The summed E-state index contributed by atoms with van der Waals surface area (Å²) in [4.78, 5) is 11.1. The van der Waals surface area contributed by atoms with Gasteiger partial charge in [-0.1, -0.05) is 6.92 Å². The first kappa shape index (κ1) is 12.1. The summed E-state index contributed by atoms with van der Waals surface area (Å²) in [5.74, 6) is 1.09. The normalized spacial score (nSPS) is 12.5. The van der Waals surface area contributed by atoms with Crippen LogP contribution < -0.4 is 0 Å². The molecule has 0 fully saturated rings. The largest absolute Gasteiger partial charge is 0.463 e. The Labute approximate surface area is 92.6 Å². The predicted octanol–water partition coefficient (Wildman–Crippen LogP) is 1.68. The van der Waals surface area contributed by atoms with Gasteiger partial charge in [0, 0.05) is 5.25 Å². The first-order chi connectivity index (χ1) is 7.17. The molecule has 0 bridgehead atoms. The number of carbonyl (C=O) groups is 1. The molecule has 1 rings (SSSR count). The predicted molar refractivity (Wildman–Crippen MR) is 57.9 cm³/mol. The molecule has 0 aliphatic heterocycles.